The number of alkyl halides is 10. The van der Waals surface area contributed by atoms with Gasteiger partial charge in [0.15, 0.2) is 5.82 Å². The monoisotopic (exact) mass is 659 g/mol. The van der Waals surface area contributed by atoms with Gasteiger partial charge in [-0.2, -0.15) is 44.8 Å². The Morgan fingerprint density at radius 2 is 1.57 bits per heavy atom. The van der Waals surface area contributed by atoms with E-state index in [-0.39, 0.29) is 31.1 Å². The van der Waals surface area contributed by atoms with Gasteiger partial charge in [0.2, 0.25) is 0 Å². The summed E-state index contributed by atoms with van der Waals surface area (Å²) >= 11 is 0.894. The van der Waals surface area contributed by atoms with Gasteiger partial charge in [0.05, 0.1) is 28.6 Å². The predicted octanol–water partition coefficient (Wildman–Crippen LogP) is 7.71. The van der Waals surface area contributed by atoms with E-state index >= 15 is 0 Å². The summed E-state index contributed by atoms with van der Waals surface area (Å²) in [5.41, 5.74) is -13.2. The van der Waals surface area contributed by atoms with Crippen molar-refractivity contribution in [3.63, 3.8) is 0 Å². The van der Waals surface area contributed by atoms with Crippen molar-refractivity contribution in [2.45, 2.75) is 37.0 Å². The summed E-state index contributed by atoms with van der Waals surface area (Å²) in [6.45, 7) is 0.0938. The molecule has 202 valence electrons. The van der Waals surface area contributed by atoms with Crippen LogP contribution >= 0.6 is 22.6 Å². The molecular weight excluding hydrogens is 646 g/mol. The molecule has 0 aliphatic rings. The Bertz CT molecular complexity index is 1190. The largest absolute Gasteiger partial charge is 0.435 e. The van der Waals surface area contributed by atoms with E-state index < -0.39 is 67.9 Å². The quantitative estimate of drug-likeness (QED) is 0.182. The Balaban J connectivity index is 2.57. The van der Waals surface area contributed by atoms with Gasteiger partial charge in [-0.3, -0.25) is 4.79 Å². The van der Waals surface area contributed by atoms with Crippen molar-refractivity contribution in [3.8, 4) is 6.07 Å². The molecule has 0 radical (unpaired) electrons. The van der Waals surface area contributed by atoms with Crippen LogP contribution in [-0.4, -0.2) is 24.8 Å². The molecule has 0 aromatic heterocycles. The lowest BCUT2D eigenvalue weighted by atomic mass is 9.92. The first-order chi connectivity index (χ1) is 16.9. The maximum atomic E-state index is 14.7. The third kappa shape index (κ3) is 6.36. The molecule has 37 heavy (non-hydrogen) atoms. The topological polar surface area (TPSA) is 64.9 Å². The molecule has 0 aliphatic heterocycles. The third-order valence-electron chi connectivity index (χ3n) is 4.84. The number of rotatable bonds is 7. The lowest BCUT2D eigenvalue weighted by Gasteiger charge is -2.31. The van der Waals surface area contributed by atoms with E-state index in [1.165, 1.54) is 6.07 Å². The molecule has 2 N–H and O–H groups in total. The molecule has 0 unspecified atom stereocenters. The van der Waals surface area contributed by atoms with Gasteiger partial charge in [-0.1, -0.05) is 6.07 Å². The zero-order valence-corrected chi connectivity index (χ0v) is 20.1. The van der Waals surface area contributed by atoms with Crippen molar-refractivity contribution in [1.29, 1.82) is 5.26 Å². The first kappa shape index (κ1) is 30.4. The zero-order chi connectivity index (χ0) is 28.4. The van der Waals surface area contributed by atoms with Crippen LogP contribution in [0.4, 0.5) is 59.7 Å². The van der Waals surface area contributed by atoms with Gasteiger partial charge in [-0.05, 0) is 53.3 Å². The van der Waals surface area contributed by atoms with Crippen LogP contribution in [0.2, 0.25) is 0 Å². The molecule has 0 spiro atoms. The van der Waals surface area contributed by atoms with Crippen LogP contribution in [0, 0.1) is 20.7 Å². The van der Waals surface area contributed by atoms with Gasteiger partial charge in [0.1, 0.15) is 0 Å². The van der Waals surface area contributed by atoms with E-state index in [1.807, 2.05) is 6.07 Å². The number of carbonyl (C=O) groups is 1. The van der Waals surface area contributed by atoms with Crippen LogP contribution < -0.4 is 10.6 Å². The highest BCUT2D eigenvalue weighted by Crippen LogP contribution is 2.54. The fraction of sp³-hybridized carbons (Fsp3) is 0.333. The Labute approximate surface area is 215 Å². The number of unbranched alkanes of at least 4 members (excludes halogenated alkanes) is 1. The van der Waals surface area contributed by atoms with Gasteiger partial charge < -0.3 is 10.6 Å². The molecule has 1 amide bonds. The van der Waals surface area contributed by atoms with E-state index in [2.05, 4.69) is 5.32 Å². The van der Waals surface area contributed by atoms with Gasteiger partial charge in [0.25, 0.3) is 5.91 Å². The Morgan fingerprint density at radius 1 is 0.973 bits per heavy atom. The second-order valence-corrected chi connectivity index (χ2v) is 8.50. The first-order valence-corrected chi connectivity index (χ1v) is 10.9. The molecule has 16 heteroatoms. The van der Waals surface area contributed by atoms with E-state index in [9.17, 15) is 53.1 Å². The highest BCUT2D eigenvalue weighted by atomic mass is 127. The number of hydrogen-bond acceptors (Lipinski definition) is 3. The predicted molar refractivity (Wildman–Crippen MR) is 117 cm³/mol. The second-order valence-electron chi connectivity index (χ2n) is 7.34. The molecule has 2 rings (SSSR count). The number of amides is 1. The molecule has 0 aliphatic carbocycles. The molecule has 0 saturated carbocycles. The van der Waals surface area contributed by atoms with Crippen LogP contribution in [0.1, 0.15) is 34.3 Å². The van der Waals surface area contributed by atoms with Crippen molar-refractivity contribution in [2.24, 2.45) is 0 Å². The van der Waals surface area contributed by atoms with Gasteiger partial charge in [-0.15, -0.1) is 0 Å². The van der Waals surface area contributed by atoms with Crippen LogP contribution in [0.3, 0.4) is 0 Å². The molecule has 0 bridgehead atoms. The average Bonchev–Trinajstić information content (AvgIpc) is 2.75. The minimum atomic E-state index is -6.67. The van der Waals surface area contributed by atoms with Crippen molar-refractivity contribution in [1.82, 2.24) is 0 Å². The van der Waals surface area contributed by atoms with Crippen LogP contribution in [-0.2, 0) is 11.8 Å². The normalized spacial score (nSPS) is 12.7. The summed E-state index contributed by atoms with van der Waals surface area (Å²) in [6, 6.07) is 4.17. The summed E-state index contributed by atoms with van der Waals surface area (Å²) in [4.78, 5) is 12.6. The summed E-state index contributed by atoms with van der Waals surface area (Å²) in [6.07, 6.45) is -18.6. The SMILES string of the molecule is N#CCCCNc1cccc(C(=O)Nc2c(I)cc(C(F)(C(F)(F)F)C(F)(F)F)cc2C(F)(F)F)c1F. The summed E-state index contributed by atoms with van der Waals surface area (Å²) < 4.78 is 148. The maximum absolute atomic E-state index is 14.7. The van der Waals surface area contributed by atoms with Crippen molar-refractivity contribution in [3.05, 3.63) is 56.4 Å². The smallest absolute Gasteiger partial charge is 0.383 e. The molecule has 4 nitrogen and oxygen atoms in total. The number of halogens is 12. The van der Waals surface area contributed by atoms with Gasteiger partial charge in [-0.25, -0.2) is 8.78 Å². The fourth-order valence-electron chi connectivity index (χ4n) is 3.06. The first-order valence-electron chi connectivity index (χ1n) is 9.80. The molecule has 2 aromatic rings. The highest BCUT2D eigenvalue weighted by molar-refractivity contribution is 14.1. The van der Waals surface area contributed by atoms with Crippen molar-refractivity contribution in [2.75, 3.05) is 17.2 Å². The summed E-state index contributed by atoms with van der Waals surface area (Å²) in [7, 11) is 0. The Morgan fingerprint density at radius 3 is 2.08 bits per heavy atom. The van der Waals surface area contributed by atoms with Crippen LogP contribution in [0.25, 0.3) is 0 Å². The lowest BCUT2D eigenvalue weighted by molar-refractivity contribution is -0.348. The minimum absolute atomic E-state index is 0.0938. The Hall–Kier alpha value is -2.84. The molecule has 0 atom stereocenters. The summed E-state index contributed by atoms with van der Waals surface area (Å²) in [5, 5.41) is 12.7. The summed E-state index contributed by atoms with van der Waals surface area (Å²) in [5.74, 6) is -2.75. The van der Waals surface area contributed by atoms with Gasteiger partial charge in [0, 0.05) is 22.1 Å². The zero-order valence-electron chi connectivity index (χ0n) is 17.9. The number of nitrogens with one attached hydrogen (secondary N) is 2. The molecule has 0 fully saturated rings. The van der Waals surface area contributed by atoms with E-state index in [4.69, 9.17) is 5.26 Å². The van der Waals surface area contributed by atoms with E-state index in [0.29, 0.717) is 0 Å². The number of hydrogen-bond donors (Lipinski definition) is 2. The Kier molecular flexibility index (Phi) is 8.93. The van der Waals surface area contributed by atoms with Crippen LogP contribution in [0.5, 0.6) is 0 Å². The molecular formula is C21H13F11IN3O. The highest BCUT2D eigenvalue weighted by Gasteiger charge is 2.73. The van der Waals surface area contributed by atoms with Crippen LogP contribution in [0.15, 0.2) is 30.3 Å². The third-order valence-corrected chi connectivity index (χ3v) is 5.69. The number of nitrogens with zero attached hydrogens (tertiary/aromatic N) is 1. The fourth-order valence-corrected chi connectivity index (χ4v) is 3.82. The molecule has 0 heterocycles. The lowest BCUT2D eigenvalue weighted by Crippen LogP contribution is -2.50. The second kappa shape index (κ2) is 10.9. The van der Waals surface area contributed by atoms with E-state index in [0.717, 1.165) is 34.7 Å². The average molecular weight is 659 g/mol. The van der Waals surface area contributed by atoms with E-state index in [1.54, 1.807) is 5.32 Å². The molecule has 2 aromatic carbocycles. The number of carbonyl (C=O) groups excluding carboxylic acids is 1. The van der Waals surface area contributed by atoms with Crippen molar-refractivity contribution >= 4 is 39.9 Å². The van der Waals surface area contributed by atoms with Crippen molar-refractivity contribution < 1.29 is 53.1 Å². The minimum Gasteiger partial charge on any atom is -0.383 e. The number of anilines is 2. The standard InChI is InChI=1S/C21H13F11IN3O/c22-15-11(4-3-5-14(15)35-7-2-1-6-34)17(37)36-16-12(19(24,25)26)8-10(9-13(16)33)18(23,20(27,28)29)21(30,31)32/h3-5,8-9,35H,1-2,7H2,(H,36,37). The maximum Gasteiger partial charge on any atom is 0.435 e. The number of benzene rings is 2. The van der Waals surface area contributed by atoms with Gasteiger partial charge >= 0.3 is 24.2 Å². The number of nitriles is 1. The molecule has 0 saturated heterocycles.